The van der Waals surface area contributed by atoms with Crippen LogP contribution in [0, 0.1) is 6.92 Å². The lowest BCUT2D eigenvalue weighted by atomic mass is 10.1. The Balaban J connectivity index is 2.27. The van der Waals surface area contributed by atoms with Crippen molar-refractivity contribution in [1.29, 1.82) is 0 Å². The summed E-state index contributed by atoms with van der Waals surface area (Å²) >= 11 is 5.94. The smallest absolute Gasteiger partial charge is 0.151 e. The summed E-state index contributed by atoms with van der Waals surface area (Å²) in [6.45, 7) is 7.70. The Labute approximate surface area is 171 Å². The minimum Gasteiger partial charge on any atom is -0.339 e. The molecule has 0 aromatic heterocycles. The Morgan fingerprint density at radius 2 is 1.79 bits per heavy atom. The summed E-state index contributed by atoms with van der Waals surface area (Å²) in [5.41, 5.74) is 5.24. The topological polar surface area (TPSA) is 53.8 Å². The highest BCUT2D eigenvalue weighted by Gasteiger charge is 2.06. The average Bonchev–Trinajstić information content (AvgIpc) is 2.69. The molecular formula is C23H24ClN3O. The third-order valence-corrected chi connectivity index (χ3v) is 4.36. The SMILES string of the molecule is C/C=C\N=C(Nc1ccc(C=O)c(C)c1)C(C)=N/C=C(\C)c1ccc(Cl)cc1. The number of carbonyl (C=O) groups excluding carboxylic acids is 1. The summed E-state index contributed by atoms with van der Waals surface area (Å²) in [5.74, 6) is 0.636. The van der Waals surface area contributed by atoms with Crippen molar-refractivity contribution in [3.8, 4) is 0 Å². The lowest BCUT2D eigenvalue weighted by Gasteiger charge is -2.10. The molecule has 0 fully saturated rings. The van der Waals surface area contributed by atoms with Crippen LogP contribution in [0.15, 0.2) is 70.9 Å². The quantitative estimate of drug-likeness (QED) is 0.354. The van der Waals surface area contributed by atoms with Crippen molar-refractivity contribution in [2.75, 3.05) is 5.32 Å². The molecule has 0 bridgehead atoms. The lowest BCUT2D eigenvalue weighted by molar-refractivity contribution is 0.112. The molecule has 2 aromatic carbocycles. The van der Waals surface area contributed by atoms with Crippen LogP contribution in [0.25, 0.3) is 5.57 Å². The van der Waals surface area contributed by atoms with Crippen LogP contribution in [0.1, 0.15) is 42.3 Å². The number of hydrogen-bond donors (Lipinski definition) is 1. The van der Waals surface area contributed by atoms with Gasteiger partial charge in [-0.2, -0.15) is 0 Å². The molecule has 0 unspecified atom stereocenters. The Kier molecular flexibility index (Phi) is 7.90. The summed E-state index contributed by atoms with van der Waals surface area (Å²) in [4.78, 5) is 20.0. The van der Waals surface area contributed by atoms with Gasteiger partial charge in [-0.3, -0.25) is 9.79 Å². The largest absolute Gasteiger partial charge is 0.339 e. The fraction of sp³-hybridized carbons (Fsp3) is 0.174. The second kappa shape index (κ2) is 10.4. The van der Waals surface area contributed by atoms with Gasteiger partial charge in [-0.1, -0.05) is 29.8 Å². The van der Waals surface area contributed by atoms with Crippen LogP contribution in [0.5, 0.6) is 0 Å². The first-order valence-electron chi connectivity index (χ1n) is 8.94. The summed E-state index contributed by atoms with van der Waals surface area (Å²) in [7, 11) is 0. The first-order valence-corrected chi connectivity index (χ1v) is 9.31. The molecule has 144 valence electrons. The second-order valence-corrected chi connectivity index (χ2v) is 6.74. The number of nitrogens with zero attached hydrogens (tertiary/aromatic N) is 2. The van der Waals surface area contributed by atoms with Gasteiger partial charge in [0, 0.05) is 28.7 Å². The highest BCUT2D eigenvalue weighted by molar-refractivity contribution is 6.45. The molecule has 2 rings (SSSR count). The number of carbonyl (C=O) groups is 1. The monoisotopic (exact) mass is 393 g/mol. The number of anilines is 1. The zero-order chi connectivity index (χ0) is 20.5. The summed E-state index contributed by atoms with van der Waals surface area (Å²) < 4.78 is 0. The maximum atomic E-state index is 11.0. The Morgan fingerprint density at radius 1 is 1.07 bits per heavy atom. The van der Waals surface area contributed by atoms with E-state index in [-0.39, 0.29) is 0 Å². The van der Waals surface area contributed by atoms with Crippen molar-refractivity contribution >= 4 is 40.7 Å². The van der Waals surface area contributed by atoms with E-state index >= 15 is 0 Å². The maximum absolute atomic E-state index is 11.0. The number of benzene rings is 2. The Bertz CT molecular complexity index is 954. The van der Waals surface area contributed by atoms with Gasteiger partial charge in [0.25, 0.3) is 0 Å². The minimum atomic E-state index is 0.636. The Hall–Kier alpha value is -2.98. The molecule has 1 N–H and O–H groups in total. The van der Waals surface area contributed by atoms with Gasteiger partial charge in [-0.05, 0) is 74.7 Å². The number of allylic oxidation sites excluding steroid dienone is 2. The molecule has 0 aliphatic carbocycles. The lowest BCUT2D eigenvalue weighted by Crippen LogP contribution is -2.20. The summed E-state index contributed by atoms with van der Waals surface area (Å²) in [5, 5.41) is 3.99. The number of aldehydes is 1. The fourth-order valence-electron chi connectivity index (χ4n) is 2.43. The Morgan fingerprint density at radius 3 is 2.39 bits per heavy atom. The number of rotatable bonds is 6. The first-order chi connectivity index (χ1) is 13.4. The molecule has 0 aliphatic heterocycles. The minimum absolute atomic E-state index is 0.636. The molecule has 0 radical (unpaired) electrons. The van der Waals surface area contributed by atoms with E-state index in [9.17, 15) is 4.79 Å². The van der Waals surface area contributed by atoms with Crippen LogP contribution in [0.4, 0.5) is 5.69 Å². The van der Waals surface area contributed by atoms with E-state index in [1.165, 1.54) is 0 Å². The molecule has 5 heteroatoms. The standard InChI is InChI=1S/C23H24ClN3O/c1-5-12-25-23(27-22-11-8-20(15-28)16(2)13-22)18(4)26-14-17(3)19-6-9-21(24)10-7-19/h5-15H,1-4H3,(H,25,27)/b12-5-,17-14+,26-18?. The third-order valence-electron chi connectivity index (χ3n) is 4.11. The van der Waals surface area contributed by atoms with Crippen LogP contribution >= 0.6 is 11.6 Å². The van der Waals surface area contributed by atoms with Crippen molar-refractivity contribution in [2.24, 2.45) is 9.98 Å². The van der Waals surface area contributed by atoms with Crippen molar-refractivity contribution in [3.05, 3.63) is 82.7 Å². The van der Waals surface area contributed by atoms with E-state index in [0.717, 1.165) is 34.4 Å². The van der Waals surface area contributed by atoms with E-state index < -0.39 is 0 Å². The molecule has 2 aromatic rings. The van der Waals surface area contributed by atoms with Crippen molar-refractivity contribution in [2.45, 2.75) is 27.7 Å². The van der Waals surface area contributed by atoms with Crippen LogP contribution in [0.2, 0.25) is 5.02 Å². The molecule has 0 aliphatic rings. The van der Waals surface area contributed by atoms with Gasteiger partial charge in [0.15, 0.2) is 5.84 Å². The zero-order valence-electron chi connectivity index (χ0n) is 16.5. The molecule has 0 spiro atoms. The van der Waals surface area contributed by atoms with Gasteiger partial charge in [0.1, 0.15) is 6.29 Å². The maximum Gasteiger partial charge on any atom is 0.151 e. The molecule has 0 heterocycles. The molecule has 0 saturated heterocycles. The highest BCUT2D eigenvalue weighted by atomic mass is 35.5. The van der Waals surface area contributed by atoms with E-state index in [2.05, 4.69) is 15.3 Å². The van der Waals surface area contributed by atoms with Crippen molar-refractivity contribution in [1.82, 2.24) is 0 Å². The van der Waals surface area contributed by atoms with Gasteiger partial charge in [-0.15, -0.1) is 0 Å². The van der Waals surface area contributed by atoms with Crippen LogP contribution in [-0.4, -0.2) is 17.8 Å². The van der Waals surface area contributed by atoms with Crippen molar-refractivity contribution in [3.63, 3.8) is 0 Å². The van der Waals surface area contributed by atoms with E-state index in [4.69, 9.17) is 11.6 Å². The van der Waals surface area contributed by atoms with E-state index in [0.29, 0.717) is 16.4 Å². The van der Waals surface area contributed by atoms with Crippen LogP contribution < -0.4 is 5.32 Å². The van der Waals surface area contributed by atoms with Crippen molar-refractivity contribution < 1.29 is 4.79 Å². The van der Waals surface area contributed by atoms with Crippen LogP contribution in [0.3, 0.4) is 0 Å². The van der Waals surface area contributed by atoms with Gasteiger partial charge >= 0.3 is 0 Å². The van der Waals surface area contributed by atoms with Gasteiger partial charge in [-0.25, -0.2) is 4.99 Å². The molecule has 28 heavy (non-hydrogen) atoms. The number of amidine groups is 1. The molecule has 0 amide bonds. The fourth-order valence-corrected chi connectivity index (χ4v) is 2.56. The average molecular weight is 394 g/mol. The molecule has 0 atom stereocenters. The number of nitrogens with one attached hydrogen (secondary N) is 1. The van der Waals surface area contributed by atoms with Gasteiger partial charge < -0.3 is 5.32 Å². The number of aryl methyl sites for hydroxylation is 1. The summed E-state index contributed by atoms with van der Waals surface area (Å²) in [6.07, 6.45) is 6.23. The number of hydrogen-bond acceptors (Lipinski definition) is 3. The summed E-state index contributed by atoms with van der Waals surface area (Å²) in [6, 6.07) is 13.2. The molecular weight excluding hydrogens is 370 g/mol. The van der Waals surface area contributed by atoms with Gasteiger partial charge in [0.05, 0.1) is 5.71 Å². The molecule has 0 saturated carbocycles. The predicted molar refractivity (Wildman–Crippen MR) is 121 cm³/mol. The second-order valence-electron chi connectivity index (χ2n) is 6.31. The highest BCUT2D eigenvalue weighted by Crippen LogP contribution is 2.17. The predicted octanol–water partition coefficient (Wildman–Crippen LogP) is 6.33. The van der Waals surface area contributed by atoms with E-state index in [1.54, 1.807) is 12.3 Å². The number of halogens is 1. The zero-order valence-corrected chi connectivity index (χ0v) is 17.3. The van der Waals surface area contributed by atoms with E-state index in [1.807, 2.05) is 76.4 Å². The van der Waals surface area contributed by atoms with Crippen LogP contribution in [-0.2, 0) is 0 Å². The number of aliphatic imine (C=N–C) groups is 2. The third kappa shape index (κ3) is 6.03. The van der Waals surface area contributed by atoms with Gasteiger partial charge in [0.2, 0.25) is 0 Å². The first kappa shape index (κ1) is 21.3. The normalized spacial score (nSPS) is 13.1. The molecule has 4 nitrogen and oxygen atoms in total.